The maximum Gasteiger partial charge on any atom is 0.0598 e. The molecule has 0 atom stereocenters. The third-order valence-corrected chi connectivity index (χ3v) is 23.9. The molecule has 6 rings (SSSR count). The van der Waals surface area contributed by atoms with Crippen molar-refractivity contribution in [3.05, 3.63) is 178 Å². The zero-order valence-electron chi connectivity index (χ0n) is 104. The molecular formula is C120H214N10O2. The van der Waals surface area contributed by atoms with E-state index in [0.29, 0.717) is 37.2 Å². The van der Waals surface area contributed by atoms with Crippen molar-refractivity contribution in [2.24, 2.45) is 5.41 Å². The Morgan fingerprint density at radius 3 is 0.629 bits per heavy atom. The van der Waals surface area contributed by atoms with Crippen molar-refractivity contribution in [2.75, 3.05) is 122 Å². The molecule has 0 saturated heterocycles. The van der Waals surface area contributed by atoms with Gasteiger partial charge in [-0.25, -0.2) is 0 Å². The molecule has 0 unspecified atom stereocenters. The van der Waals surface area contributed by atoms with E-state index in [2.05, 4.69) is 445 Å². The lowest BCUT2D eigenvalue weighted by molar-refractivity contribution is -0.0951. The summed E-state index contributed by atoms with van der Waals surface area (Å²) in [6.45, 7) is 111. The van der Waals surface area contributed by atoms with Gasteiger partial charge in [0.05, 0.1) is 24.4 Å². The summed E-state index contributed by atoms with van der Waals surface area (Å²) in [5, 5.41) is 0. The molecule has 0 heterocycles. The van der Waals surface area contributed by atoms with E-state index in [1.54, 1.807) is 6.07 Å². The van der Waals surface area contributed by atoms with Gasteiger partial charge in [0, 0.05) is 172 Å². The van der Waals surface area contributed by atoms with Crippen molar-refractivity contribution in [1.29, 1.82) is 0 Å². The third-order valence-electron chi connectivity index (χ3n) is 23.9. The Hall–Kier alpha value is -6.12. The van der Waals surface area contributed by atoms with E-state index >= 15 is 0 Å². The Bertz CT molecular complexity index is 4240. The van der Waals surface area contributed by atoms with Gasteiger partial charge in [0.1, 0.15) is 0 Å². The quantitative estimate of drug-likeness (QED) is 0.0404. The fourth-order valence-electron chi connectivity index (χ4n) is 17.0. The van der Waals surface area contributed by atoms with Crippen LogP contribution in [0.4, 0.5) is 34.1 Å². The Morgan fingerprint density at radius 2 is 0.439 bits per heavy atom. The normalized spacial score (nSPS) is 14.2. The third kappa shape index (κ3) is 45.9. The summed E-state index contributed by atoms with van der Waals surface area (Å²) in [6, 6.07) is 48.1. The zero-order chi connectivity index (χ0) is 110. The number of para-hydroxylation sites is 6. The van der Waals surface area contributed by atoms with Gasteiger partial charge in [-0.1, -0.05) is 123 Å². The summed E-state index contributed by atoms with van der Waals surface area (Å²) >= 11 is 0. The summed E-state index contributed by atoms with van der Waals surface area (Å²) in [7, 11) is 0. The number of anilines is 6. The molecule has 0 spiro atoms. The predicted molar refractivity (Wildman–Crippen MR) is 595 cm³/mol. The first-order valence-electron chi connectivity index (χ1n) is 54.8. The van der Waals surface area contributed by atoms with Crippen LogP contribution in [0.2, 0.25) is 0 Å². The fourth-order valence-corrected chi connectivity index (χ4v) is 17.0. The molecule has 0 radical (unpaired) electrons. The number of rotatable bonds is 32. The van der Waals surface area contributed by atoms with Gasteiger partial charge in [0.15, 0.2) is 0 Å². The Kier molecular flexibility index (Phi) is 43.0. The van der Waals surface area contributed by atoms with Crippen molar-refractivity contribution in [1.82, 2.24) is 19.6 Å². The minimum Gasteiger partial charge on any atom is -0.375 e. The van der Waals surface area contributed by atoms with E-state index in [9.17, 15) is 0 Å². The molecule has 0 bridgehead atoms. The fraction of sp³-hybridized carbons (Fsp3) is 0.700. The van der Waals surface area contributed by atoms with Gasteiger partial charge in [-0.3, -0.25) is 9.80 Å². The summed E-state index contributed by atoms with van der Waals surface area (Å²) in [5.74, 6) is 0. The summed E-state index contributed by atoms with van der Waals surface area (Å²) in [5.41, 5.74) is 16.7. The number of nitrogens with zero attached hydrogens (tertiary/aromatic N) is 10. The van der Waals surface area contributed by atoms with Crippen molar-refractivity contribution in [2.45, 2.75) is 457 Å². The van der Waals surface area contributed by atoms with E-state index in [1.165, 1.54) is 91.1 Å². The second-order valence-electron chi connectivity index (χ2n) is 50.6. The summed E-state index contributed by atoms with van der Waals surface area (Å²) in [6.07, 6.45) is 4.90. The van der Waals surface area contributed by atoms with Crippen LogP contribution in [0.25, 0.3) is 0 Å². The molecule has 6 aromatic rings. The van der Waals surface area contributed by atoms with Crippen LogP contribution in [0.15, 0.2) is 133 Å². The molecule has 0 fully saturated rings. The Balaban J connectivity index is 0.000000860. The van der Waals surface area contributed by atoms with Crippen LogP contribution in [0.5, 0.6) is 0 Å². The molecule has 0 aliphatic carbocycles. The van der Waals surface area contributed by atoms with Crippen molar-refractivity contribution >= 4 is 34.1 Å². The van der Waals surface area contributed by atoms with Crippen LogP contribution in [-0.4, -0.2) is 191 Å². The van der Waals surface area contributed by atoms with E-state index in [4.69, 9.17) is 21.8 Å². The van der Waals surface area contributed by atoms with Crippen LogP contribution in [0, 0.1) is 60.7 Å². The van der Waals surface area contributed by atoms with Gasteiger partial charge >= 0.3 is 0 Å². The van der Waals surface area contributed by atoms with E-state index in [1.807, 2.05) is 60.6 Å². The summed E-state index contributed by atoms with van der Waals surface area (Å²) in [4.78, 5) is 23.1. The van der Waals surface area contributed by atoms with Gasteiger partial charge in [0.2, 0.25) is 0 Å². The van der Waals surface area contributed by atoms with Gasteiger partial charge in [-0.2, -0.15) is 0 Å². The first-order chi connectivity index (χ1) is 63.3. The number of hydrogen-bond acceptors (Lipinski definition) is 12. The second-order valence-corrected chi connectivity index (χ2v) is 50.6. The molecule has 6 aromatic carbocycles. The highest BCUT2D eigenvalue weighted by Gasteiger charge is 2.34. The number of ether oxygens (including phenoxy) is 2. The van der Waals surface area contributed by atoms with Crippen LogP contribution in [-0.2, 0) is 9.47 Å². The number of benzene rings is 6. The molecule has 12 heteroatoms. The van der Waals surface area contributed by atoms with Crippen LogP contribution >= 0.6 is 0 Å². The smallest absolute Gasteiger partial charge is 0.0598 e. The van der Waals surface area contributed by atoms with E-state index in [0.717, 1.165) is 83.0 Å². The Labute approximate surface area is 833 Å². The first-order valence-corrected chi connectivity index (χ1v) is 50.3. The number of aryl methyl sites for hydroxylation is 8. The van der Waals surface area contributed by atoms with Gasteiger partial charge in [-0.15, -0.1) is 0 Å². The average molecular weight is 1840 g/mol. The highest BCUT2D eigenvalue weighted by molar-refractivity contribution is 5.64. The minimum absolute atomic E-state index is 0.0179. The van der Waals surface area contributed by atoms with Crippen LogP contribution < -0.4 is 29.4 Å². The lowest BCUT2D eigenvalue weighted by atomic mass is 9.95. The molecule has 0 N–H and O–H groups in total. The predicted octanol–water partition coefficient (Wildman–Crippen LogP) is 31.3. The maximum atomic E-state index is 8.09. The largest absolute Gasteiger partial charge is 0.375 e. The minimum atomic E-state index is -2.18. The number of hydrogen-bond donors (Lipinski definition) is 0. The lowest BCUT2D eigenvalue weighted by Crippen LogP contribution is -2.49. The monoisotopic (exact) mass is 1840 g/mol. The van der Waals surface area contributed by atoms with E-state index < -0.39 is 31.9 Å². The SMILES string of the molecule is CC(C)(C)N(CCCN(c1ccccc1)C(C)(C)C)c1ccccc1.CC(C)(COC(C)(C)C)COC(C)(C)C.CC(C)N(CCCN(C(C)C)C(C)(C)C)C(C)(C)C.Cc1cccc(C)c1N(CCCN(c1c(C)cccc1C)C(C)(C)C)C(C)(C)C.[2H]C([2H])([2H])N(CCCN(C([2H])([2H])[2H])C(C)(C)C)C(C)(C)C.[2H]C([2H])([2H])c1cccc(C)c1N(CCCN(c1c(C)cccc1C)C(C)(C)C)C(C)(C)C. The van der Waals surface area contributed by atoms with Crippen LogP contribution in [0.1, 0.15) is 380 Å². The molecule has 0 amide bonds. The van der Waals surface area contributed by atoms with Gasteiger partial charge in [-0.05, 0) is 460 Å². The van der Waals surface area contributed by atoms with Gasteiger partial charge < -0.3 is 48.7 Å². The lowest BCUT2D eigenvalue weighted by Gasteiger charge is -2.43. The average Bonchev–Trinajstić information content (AvgIpc) is 0.779. The van der Waals surface area contributed by atoms with Crippen LogP contribution in [0.3, 0.4) is 0 Å². The molecule has 0 saturated carbocycles. The van der Waals surface area contributed by atoms with Crippen molar-refractivity contribution < 1.29 is 21.8 Å². The topological polar surface area (TPSA) is 50.9 Å². The highest BCUT2D eigenvalue weighted by Crippen LogP contribution is 2.38. The highest BCUT2D eigenvalue weighted by atomic mass is 16.5. The van der Waals surface area contributed by atoms with E-state index in [-0.39, 0.29) is 60.9 Å². The molecular weight excluding hydrogens is 1610 g/mol. The second kappa shape index (κ2) is 52.6. The molecule has 12 nitrogen and oxygen atoms in total. The van der Waals surface area contributed by atoms with Crippen molar-refractivity contribution in [3.8, 4) is 0 Å². The molecule has 132 heavy (non-hydrogen) atoms. The first kappa shape index (κ1) is 108. The molecule has 0 aliphatic rings. The zero-order valence-corrected chi connectivity index (χ0v) is 95.2. The van der Waals surface area contributed by atoms with Gasteiger partial charge in [0.25, 0.3) is 0 Å². The Morgan fingerprint density at radius 1 is 0.235 bits per heavy atom. The molecule has 0 aromatic heterocycles. The molecule has 756 valence electrons. The maximum absolute atomic E-state index is 8.09. The van der Waals surface area contributed by atoms with Crippen molar-refractivity contribution in [3.63, 3.8) is 0 Å². The molecule has 0 aliphatic heterocycles. The summed E-state index contributed by atoms with van der Waals surface area (Å²) < 4.78 is 81.5. The standard InChI is InChI=1S/2C27H42N2.C23H34N2.C17H38N2.C13H30N2.C13H28O2/c2*1-20-14-11-15-21(2)24(20)28(26(5,6)7)18-13-19-29(27(8,9)10)25-22(3)16-12-17-23(25)4;1-22(2,3)24(20-14-9-7-10-15-20)18-13-19-25(23(4,5)6)21-16-11-8-12-17-21;1-14(2)18(16(5,6)7)12-11-13-19(15(3)4)17(8,9)10;1-12(2,3)14(7)10-9-11-15(8)13(4,5)6;1-11(2,3)14-9-13(7,8)10-15-12(4,5)6/h2*11-12,14-17H,13,18-19H2,1-10H3;7-12,14-17H,13,18-19H2,1-6H3;14-15H,11-13H2,1-10H3;9-11H2,1-8H3;9-10H2,1-8H3/i1D3;;;;7D3,8D3;.